The van der Waals surface area contributed by atoms with Gasteiger partial charge in [0.2, 0.25) is 0 Å². The third kappa shape index (κ3) is 3.39. The summed E-state index contributed by atoms with van der Waals surface area (Å²) < 4.78 is 64.3. The molecule has 1 aliphatic heterocycles. The van der Waals surface area contributed by atoms with Gasteiger partial charge in [-0.1, -0.05) is 24.3 Å². The van der Waals surface area contributed by atoms with Gasteiger partial charge in [0.05, 0.1) is 18.3 Å². The van der Waals surface area contributed by atoms with Gasteiger partial charge in [0.1, 0.15) is 5.71 Å². The van der Waals surface area contributed by atoms with E-state index in [0.717, 1.165) is 0 Å². The molecule has 2 N–H and O–H groups in total. The van der Waals surface area contributed by atoms with Crippen LogP contribution in [0.2, 0.25) is 0 Å². The van der Waals surface area contributed by atoms with Crippen molar-refractivity contribution in [1.82, 2.24) is 10.4 Å². The van der Waals surface area contributed by atoms with Crippen LogP contribution in [-0.2, 0) is 6.61 Å². The molecule has 1 unspecified atom stereocenters. The first kappa shape index (κ1) is 18.2. The fourth-order valence-electron chi connectivity index (χ4n) is 2.60. The first-order valence-corrected chi connectivity index (χ1v) is 7.65. The first-order valence-electron chi connectivity index (χ1n) is 7.65. The minimum atomic E-state index is -5.68. The van der Waals surface area contributed by atoms with E-state index in [-0.39, 0.29) is 6.61 Å². The van der Waals surface area contributed by atoms with Crippen LogP contribution in [0.5, 0.6) is 0 Å². The second-order valence-electron chi connectivity index (χ2n) is 5.85. The van der Waals surface area contributed by atoms with Gasteiger partial charge in [0.25, 0.3) is 0 Å². The molecule has 4 nitrogen and oxygen atoms in total. The van der Waals surface area contributed by atoms with Crippen molar-refractivity contribution in [2.45, 2.75) is 31.2 Å². The number of rotatable bonds is 4. The lowest BCUT2D eigenvalue weighted by atomic mass is 9.97. The molecule has 1 atom stereocenters. The van der Waals surface area contributed by atoms with Gasteiger partial charge in [-0.15, -0.1) is 0 Å². The van der Waals surface area contributed by atoms with E-state index in [1.54, 1.807) is 36.4 Å². The molecule has 138 valence electrons. The van der Waals surface area contributed by atoms with Crippen LogP contribution in [0.4, 0.5) is 22.0 Å². The molecule has 0 amide bonds. The van der Waals surface area contributed by atoms with Crippen molar-refractivity contribution in [3.8, 4) is 11.3 Å². The number of alkyl halides is 5. The summed E-state index contributed by atoms with van der Waals surface area (Å²) in [6, 6.07) is 9.27. The predicted molar refractivity (Wildman–Crippen MR) is 84.5 cm³/mol. The maximum Gasteiger partial charge on any atom is 0.459 e. The van der Waals surface area contributed by atoms with Gasteiger partial charge in [-0.2, -0.15) is 27.1 Å². The number of pyridine rings is 1. The fraction of sp³-hybridized carbons (Fsp3) is 0.294. The number of hydrogen-bond donors (Lipinski definition) is 2. The normalized spacial score (nSPS) is 17.8. The van der Waals surface area contributed by atoms with Crippen molar-refractivity contribution >= 4 is 5.71 Å². The Kier molecular flexibility index (Phi) is 4.66. The lowest BCUT2D eigenvalue weighted by Gasteiger charge is -2.19. The van der Waals surface area contributed by atoms with Crippen LogP contribution < -0.4 is 5.43 Å². The molecule has 0 saturated heterocycles. The van der Waals surface area contributed by atoms with E-state index in [1.165, 1.54) is 6.20 Å². The number of nitrogens with one attached hydrogen (secondary N) is 1. The third-order valence-electron chi connectivity index (χ3n) is 4.06. The van der Waals surface area contributed by atoms with Gasteiger partial charge in [-0.25, -0.2) is 0 Å². The van der Waals surface area contributed by atoms with Crippen LogP contribution in [0, 0.1) is 0 Å². The minimum Gasteiger partial charge on any atom is -0.392 e. The molecule has 1 aromatic heterocycles. The van der Waals surface area contributed by atoms with Crippen molar-refractivity contribution in [3.05, 3.63) is 53.7 Å². The van der Waals surface area contributed by atoms with Crippen molar-refractivity contribution in [3.63, 3.8) is 0 Å². The molecular weight excluding hydrogens is 357 g/mol. The van der Waals surface area contributed by atoms with Crippen LogP contribution in [-0.4, -0.2) is 27.9 Å². The maximum absolute atomic E-state index is 13.4. The van der Waals surface area contributed by atoms with E-state index in [9.17, 15) is 22.0 Å². The molecule has 2 heterocycles. The molecule has 26 heavy (non-hydrogen) atoms. The Hall–Kier alpha value is -2.55. The van der Waals surface area contributed by atoms with Gasteiger partial charge in [0.15, 0.2) is 0 Å². The summed E-state index contributed by atoms with van der Waals surface area (Å²) in [5, 5.41) is 12.2. The number of aromatic nitrogens is 1. The van der Waals surface area contributed by atoms with E-state index in [0.29, 0.717) is 22.4 Å². The van der Waals surface area contributed by atoms with E-state index >= 15 is 0 Å². The van der Waals surface area contributed by atoms with Crippen LogP contribution in [0.25, 0.3) is 11.3 Å². The van der Waals surface area contributed by atoms with Crippen molar-refractivity contribution in [1.29, 1.82) is 0 Å². The Balaban J connectivity index is 1.80. The van der Waals surface area contributed by atoms with Crippen LogP contribution in [0.3, 0.4) is 0 Å². The zero-order valence-corrected chi connectivity index (χ0v) is 13.3. The average Bonchev–Trinajstić information content (AvgIpc) is 3.12. The number of halogens is 5. The van der Waals surface area contributed by atoms with Crippen molar-refractivity contribution < 1.29 is 27.1 Å². The lowest BCUT2D eigenvalue weighted by molar-refractivity contribution is -0.249. The molecule has 3 rings (SSSR count). The molecule has 0 aliphatic carbocycles. The summed E-state index contributed by atoms with van der Waals surface area (Å²) in [6.07, 6.45) is -4.73. The van der Waals surface area contributed by atoms with Gasteiger partial charge in [-0.05, 0) is 23.3 Å². The molecule has 0 spiro atoms. The SMILES string of the molecule is OCc1ccc(-c2cccc(C3CC(C(F)(F)C(F)(F)F)=NN3)c2)nc1. The second kappa shape index (κ2) is 6.64. The smallest absolute Gasteiger partial charge is 0.392 e. The van der Waals surface area contributed by atoms with Gasteiger partial charge in [0, 0.05) is 18.2 Å². The molecule has 0 fully saturated rings. The molecule has 0 radical (unpaired) electrons. The Labute approximate surface area is 145 Å². The summed E-state index contributed by atoms with van der Waals surface area (Å²) in [5.74, 6) is -4.96. The Morgan fingerprint density at radius 1 is 1.12 bits per heavy atom. The monoisotopic (exact) mass is 371 g/mol. The lowest BCUT2D eigenvalue weighted by Crippen LogP contribution is -2.43. The zero-order valence-electron chi connectivity index (χ0n) is 13.3. The number of aliphatic hydroxyl groups excluding tert-OH is 1. The van der Waals surface area contributed by atoms with E-state index in [1.807, 2.05) is 0 Å². The molecular formula is C17H14F5N3O. The zero-order chi connectivity index (χ0) is 18.9. The van der Waals surface area contributed by atoms with E-state index < -0.39 is 30.3 Å². The number of hydrogen-bond acceptors (Lipinski definition) is 4. The summed E-state index contributed by atoms with van der Waals surface area (Å²) in [5.41, 5.74) is 3.53. The van der Waals surface area contributed by atoms with Crippen LogP contribution in [0.1, 0.15) is 23.6 Å². The highest BCUT2D eigenvalue weighted by Gasteiger charge is 2.62. The molecule has 2 aromatic rings. The van der Waals surface area contributed by atoms with Crippen LogP contribution in [0.15, 0.2) is 47.7 Å². The average molecular weight is 371 g/mol. The van der Waals surface area contributed by atoms with Crippen molar-refractivity contribution in [2.75, 3.05) is 0 Å². The number of hydrazone groups is 1. The highest BCUT2D eigenvalue weighted by Crippen LogP contribution is 2.40. The Bertz CT molecular complexity index is 818. The van der Waals surface area contributed by atoms with Gasteiger partial charge < -0.3 is 10.5 Å². The summed E-state index contributed by atoms with van der Waals surface area (Å²) >= 11 is 0. The molecule has 9 heteroatoms. The second-order valence-corrected chi connectivity index (χ2v) is 5.85. The standard InChI is InChI=1S/C17H14F5N3O/c18-16(19,17(20,21)22)15-7-14(24-25-15)12-3-1-2-11(6-12)13-5-4-10(9-26)8-23-13/h1-6,8,14,24,26H,7,9H2. The van der Waals surface area contributed by atoms with Gasteiger partial charge >= 0.3 is 12.1 Å². The summed E-state index contributed by atoms with van der Waals surface area (Å²) in [6.45, 7) is -0.146. The number of aliphatic hydroxyl groups is 1. The quantitative estimate of drug-likeness (QED) is 0.804. The van der Waals surface area contributed by atoms with Crippen molar-refractivity contribution in [2.24, 2.45) is 5.10 Å². The first-order chi connectivity index (χ1) is 12.2. The topological polar surface area (TPSA) is 57.5 Å². The van der Waals surface area contributed by atoms with E-state index in [2.05, 4.69) is 15.5 Å². The fourth-order valence-corrected chi connectivity index (χ4v) is 2.60. The molecule has 1 aliphatic rings. The summed E-state index contributed by atoms with van der Waals surface area (Å²) in [4.78, 5) is 4.20. The molecule has 1 aromatic carbocycles. The van der Waals surface area contributed by atoms with Gasteiger partial charge in [-0.3, -0.25) is 4.98 Å². The highest BCUT2D eigenvalue weighted by molar-refractivity contribution is 5.93. The van der Waals surface area contributed by atoms with Crippen LogP contribution >= 0.6 is 0 Å². The molecule has 0 saturated carbocycles. The third-order valence-corrected chi connectivity index (χ3v) is 4.06. The largest absolute Gasteiger partial charge is 0.459 e. The predicted octanol–water partition coefficient (Wildman–Crippen LogP) is 3.83. The molecule has 0 bridgehead atoms. The minimum absolute atomic E-state index is 0.146. The summed E-state index contributed by atoms with van der Waals surface area (Å²) in [7, 11) is 0. The maximum atomic E-state index is 13.4. The number of nitrogens with zero attached hydrogens (tertiary/aromatic N) is 2. The number of benzene rings is 1. The van der Waals surface area contributed by atoms with E-state index in [4.69, 9.17) is 5.11 Å². The highest BCUT2D eigenvalue weighted by atomic mass is 19.4. The Morgan fingerprint density at radius 3 is 2.50 bits per heavy atom. The Morgan fingerprint density at radius 2 is 1.88 bits per heavy atom.